The standard InChI is InChI=1S/C80H156O17P2/c1-5-9-13-17-21-25-29-33-36-39-41-45-49-53-57-61-65-78(83)91-71-76(97-80(85)67-63-59-55-51-47-43-40-37-34-30-26-22-18-14-10-6-2)73-95-99(88,89)93-69-74(81)68-92-98(86,87)94-72-75(70-90-77(82)64-60-56-52-48-44-32-28-24-20-16-12-8-4)96-79(84)66-62-58-54-50-46-42-38-35-31-27-23-19-15-11-7-3/h74-76,81H,5-73H2,1-4H3,(H,86,87)(H,88,89)/t74-,75+,76+/m0/s1. The first kappa shape index (κ1) is 97.1. The molecule has 0 saturated carbocycles. The Kier molecular flexibility index (Phi) is 72.9. The van der Waals surface area contributed by atoms with Crippen LogP contribution in [0, 0.1) is 0 Å². The number of carbonyl (C=O) groups excluding carboxylic acids is 4. The van der Waals surface area contributed by atoms with Gasteiger partial charge in [-0.3, -0.25) is 37.3 Å². The predicted octanol–water partition coefficient (Wildman–Crippen LogP) is 24.2. The van der Waals surface area contributed by atoms with Crippen molar-refractivity contribution in [3.63, 3.8) is 0 Å². The van der Waals surface area contributed by atoms with E-state index in [0.29, 0.717) is 25.7 Å². The van der Waals surface area contributed by atoms with Crippen LogP contribution in [-0.4, -0.2) is 96.7 Å². The number of hydrogen-bond donors (Lipinski definition) is 3. The topological polar surface area (TPSA) is 237 Å². The van der Waals surface area contributed by atoms with Crippen LogP contribution < -0.4 is 0 Å². The van der Waals surface area contributed by atoms with Gasteiger partial charge in [0.25, 0.3) is 0 Å². The highest BCUT2D eigenvalue weighted by Crippen LogP contribution is 2.45. The zero-order chi connectivity index (χ0) is 72.5. The second kappa shape index (κ2) is 74.3. The molecule has 0 radical (unpaired) electrons. The first-order valence-corrected chi connectivity index (χ1v) is 44.8. The van der Waals surface area contributed by atoms with Crippen LogP contribution in [0.1, 0.15) is 432 Å². The van der Waals surface area contributed by atoms with Crippen molar-refractivity contribution in [1.82, 2.24) is 0 Å². The molecule has 0 spiro atoms. The first-order chi connectivity index (χ1) is 48.2. The number of phosphoric ester groups is 2. The molecule has 0 fully saturated rings. The average Bonchev–Trinajstić information content (AvgIpc) is 0.992. The molecule has 17 nitrogen and oxygen atoms in total. The van der Waals surface area contributed by atoms with Crippen LogP contribution in [0.3, 0.4) is 0 Å². The summed E-state index contributed by atoms with van der Waals surface area (Å²) in [7, 11) is -9.92. The van der Waals surface area contributed by atoms with Crippen LogP contribution >= 0.6 is 15.6 Å². The molecule has 0 bridgehead atoms. The van der Waals surface area contributed by atoms with Gasteiger partial charge >= 0.3 is 39.5 Å². The third-order valence-electron chi connectivity index (χ3n) is 18.9. The lowest BCUT2D eigenvalue weighted by Gasteiger charge is -2.21. The van der Waals surface area contributed by atoms with Crippen molar-refractivity contribution < 1.29 is 80.2 Å². The fourth-order valence-corrected chi connectivity index (χ4v) is 14.0. The summed E-state index contributed by atoms with van der Waals surface area (Å²) >= 11 is 0. The minimum absolute atomic E-state index is 0.109. The summed E-state index contributed by atoms with van der Waals surface area (Å²) in [6.07, 6.45) is 66.4. The minimum Gasteiger partial charge on any atom is -0.462 e. The maximum Gasteiger partial charge on any atom is 0.472 e. The second-order valence-corrected chi connectivity index (χ2v) is 31.7. The number of aliphatic hydroxyl groups is 1. The molecule has 0 aliphatic carbocycles. The van der Waals surface area contributed by atoms with Gasteiger partial charge in [0.1, 0.15) is 19.3 Å². The highest BCUT2D eigenvalue weighted by atomic mass is 31.2. The van der Waals surface area contributed by atoms with E-state index in [9.17, 15) is 43.2 Å². The number of hydrogen-bond acceptors (Lipinski definition) is 15. The normalized spacial score (nSPS) is 13.8. The number of unbranched alkanes of at least 4 members (excludes halogenated alkanes) is 55. The van der Waals surface area contributed by atoms with Crippen molar-refractivity contribution in [3.05, 3.63) is 0 Å². The van der Waals surface area contributed by atoms with E-state index >= 15 is 0 Å². The summed E-state index contributed by atoms with van der Waals surface area (Å²) in [4.78, 5) is 73.0. The van der Waals surface area contributed by atoms with Gasteiger partial charge in [0.05, 0.1) is 26.4 Å². The Morgan fingerprint density at radius 1 is 0.242 bits per heavy atom. The maximum absolute atomic E-state index is 13.1. The third-order valence-corrected chi connectivity index (χ3v) is 20.8. The van der Waals surface area contributed by atoms with Gasteiger partial charge < -0.3 is 33.8 Å². The zero-order valence-corrected chi connectivity index (χ0v) is 66.3. The number of ether oxygens (including phenoxy) is 4. The van der Waals surface area contributed by atoms with Gasteiger partial charge in [-0.15, -0.1) is 0 Å². The van der Waals surface area contributed by atoms with Crippen molar-refractivity contribution in [2.24, 2.45) is 0 Å². The van der Waals surface area contributed by atoms with Gasteiger partial charge in [-0.25, -0.2) is 9.13 Å². The lowest BCUT2D eigenvalue weighted by molar-refractivity contribution is -0.161. The second-order valence-electron chi connectivity index (χ2n) is 28.8. The molecule has 19 heteroatoms. The van der Waals surface area contributed by atoms with Crippen LogP contribution in [0.25, 0.3) is 0 Å². The molecule has 0 rings (SSSR count). The van der Waals surface area contributed by atoms with Crippen LogP contribution in [0.5, 0.6) is 0 Å². The number of esters is 4. The van der Waals surface area contributed by atoms with Crippen LogP contribution in [0.2, 0.25) is 0 Å². The van der Waals surface area contributed by atoms with E-state index in [0.717, 1.165) is 89.9 Å². The highest BCUT2D eigenvalue weighted by molar-refractivity contribution is 7.47. The van der Waals surface area contributed by atoms with E-state index in [1.165, 1.54) is 263 Å². The van der Waals surface area contributed by atoms with Crippen LogP contribution in [0.15, 0.2) is 0 Å². The lowest BCUT2D eigenvalue weighted by atomic mass is 10.0. The molecule has 2 unspecified atom stereocenters. The van der Waals surface area contributed by atoms with Crippen molar-refractivity contribution in [2.75, 3.05) is 39.6 Å². The minimum atomic E-state index is -4.96. The highest BCUT2D eigenvalue weighted by Gasteiger charge is 2.30. The van der Waals surface area contributed by atoms with E-state index < -0.39 is 97.5 Å². The fraction of sp³-hybridized carbons (Fsp3) is 0.950. The zero-order valence-electron chi connectivity index (χ0n) is 64.5. The molecule has 0 aromatic carbocycles. The Bertz CT molecular complexity index is 1880. The monoisotopic (exact) mass is 1450 g/mol. The van der Waals surface area contributed by atoms with Gasteiger partial charge in [-0.2, -0.15) is 0 Å². The maximum atomic E-state index is 13.1. The first-order valence-electron chi connectivity index (χ1n) is 41.8. The molecular formula is C80H156O17P2. The predicted molar refractivity (Wildman–Crippen MR) is 405 cm³/mol. The summed E-state index contributed by atoms with van der Waals surface area (Å²) in [5.41, 5.74) is 0. The molecule has 0 heterocycles. The Morgan fingerprint density at radius 3 is 0.596 bits per heavy atom. The Hall–Kier alpha value is -1.94. The van der Waals surface area contributed by atoms with Gasteiger partial charge in [-0.05, 0) is 25.7 Å². The largest absolute Gasteiger partial charge is 0.472 e. The number of phosphoric acid groups is 2. The van der Waals surface area contributed by atoms with Gasteiger partial charge in [0, 0.05) is 25.7 Å². The molecule has 588 valence electrons. The molecule has 0 aromatic heterocycles. The summed E-state index contributed by atoms with van der Waals surface area (Å²) in [5.74, 6) is -2.10. The van der Waals surface area contributed by atoms with Gasteiger partial charge in [-0.1, -0.05) is 381 Å². The van der Waals surface area contributed by atoms with Crippen LogP contribution in [0.4, 0.5) is 0 Å². The molecule has 3 N–H and O–H groups in total. The summed E-state index contributed by atoms with van der Waals surface area (Å²) in [6, 6.07) is 0. The van der Waals surface area contributed by atoms with Crippen molar-refractivity contribution in [3.8, 4) is 0 Å². The Balaban J connectivity index is 5.26. The lowest BCUT2D eigenvalue weighted by Crippen LogP contribution is -2.30. The Labute approximate surface area is 607 Å². The van der Waals surface area contributed by atoms with E-state index in [1.807, 2.05) is 0 Å². The smallest absolute Gasteiger partial charge is 0.462 e. The summed E-state index contributed by atoms with van der Waals surface area (Å²) in [5, 5.41) is 10.6. The SMILES string of the molecule is CCCCCCCCCCCCCCCCCCC(=O)OC[C@H](COP(=O)(O)OC[C@@H](O)COP(=O)(O)OC[C@@H](COC(=O)CCCCCCCCCCCCCC)OC(=O)CCCCCCCCCCCCCCCCC)OC(=O)CCCCCCCCCCCCCCCCCC. The Morgan fingerprint density at radius 2 is 0.404 bits per heavy atom. The molecule has 0 amide bonds. The molecule has 5 atom stereocenters. The van der Waals surface area contributed by atoms with E-state index in [1.54, 1.807) is 0 Å². The molecule has 0 aromatic rings. The summed E-state index contributed by atoms with van der Waals surface area (Å²) < 4.78 is 68.7. The third kappa shape index (κ3) is 74.1. The van der Waals surface area contributed by atoms with Crippen molar-refractivity contribution in [2.45, 2.75) is 451 Å². The molecular weight excluding hydrogens is 1290 g/mol. The van der Waals surface area contributed by atoms with Gasteiger partial charge in [0.2, 0.25) is 0 Å². The average molecular weight is 1450 g/mol. The number of aliphatic hydroxyl groups excluding tert-OH is 1. The van der Waals surface area contributed by atoms with Crippen molar-refractivity contribution >= 4 is 39.5 Å². The van der Waals surface area contributed by atoms with E-state index in [-0.39, 0.29) is 25.7 Å². The molecule has 99 heavy (non-hydrogen) atoms. The van der Waals surface area contributed by atoms with Gasteiger partial charge in [0.15, 0.2) is 12.2 Å². The number of rotatable bonds is 81. The summed E-state index contributed by atoms with van der Waals surface area (Å²) in [6.45, 7) is 5.03. The quantitative estimate of drug-likeness (QED) is 0.0222. The molecule has 0 aliphatic heterocycles. The van der Waals surface area contributed by atoms with Crippen molar-refractivity contribution in [1.29, 1.82) is 0 Å². The fourth-order valence-electron chi connectivity index (χ4n) is 12.5. The molecule has 0 saturated heterocycles. The molecule has 0 aliphatic rings. The number of carbonyl (C=O) groups is 4. The van der Waals surface area contributed by atoms with E-state index in [4.69, 9.17) is 37.0 Å². The van der Waals surface area contributed by atoms with E-state index in [2.05, 4.69) is 27.7 Å². The van der Waals surface area contributed by atoms with Crippen LogP contribution in [-0.2, 0) is 65.4 Å².